The molecule has 120 valence electrons. The fourth-order valence-corrected chi connectivity index (χ4v) is 1.63. The minimum atomic E-state index is -0.539. The van der Waals surface area contributed by atoms with Gasteiger partial charge in [0.2, 0.25) is 11.8 Å². The van der Waals surface area contributed by atoms with Crippen molar-refractivity contribution in [3.8, 4) is 6.07 Å². The van der Waals surface area contributed by atoms with E-state index in [0.717, 1.165) is 0 Å². The smallest absolute Gasteiger partial charge is 0.254 e. The molecule has 1 rings (SSSR count). The zero-order valence-electron chi connectivity index (χ0n) is 12.8. The fourth-order valence-electron chi connectivity index (χ4n) is 1.63. The standard InChI is InChI=1S/C15H17N5O3/c1-10(19-20-14(22)7-8-16)9-15(23)18-13-6-4-3-5-12(13)17-11(2)21/h3-6H,7,9H2,1-2H3,(H,17,21)(H,18,23)(H,20,22)/b19-10-. The van der Waals surface area contributed by atoms with Gasteiger partial charge in [-0.25, -0.2) is 5.43 Å². The van der Waals surface area contributed by atoms with Gasteiger partial charge in [-0.05, 0) is 19.1 Å². The van der Waals surface area contributed by atoms with Crippen molar-refractivity contribution in [3.63, 3.8) is 0 Å². The van der Waals surface area contributed by atoms with E-state index in [1.165, 1.54) is 6.92 Å². The van der Waals surface area contributed by atoms with Crippen molar-refractivity contribution in [1.82, 2.24) is 5.43 Å². The molecule has 0 aliphatic heterocycles. The van der Waals surface area contributed by atoms with Gasteiger partial charge in [-0.2, -0.15) is 10.4 Å². The predicted molar refractivity (Wildman–Crippen MR) is 85.5 cm³/mol. The van der Waals surface area contributed by atoms with Crippen molar-refractivity contribution in [1.29, 1.82) is 5.26 Å². The number of benzene rings is 1. The summed E-state index contributed by atoms with van der Waals surface area (Å²) < 4.78 is 0. The molecule has 0 aliphatic carbocycles. The molecule has 0 atom stereocenters. The molecule has 0 spiro atoms. The molecule has 0 radical (unpaired) electrons. The summed E-state index contributed by atoms with van der Waals surface area (Å²) in [5.74, 6) is -1.13. The van der Waals surface area contributed by atoms with Gasteiger partial charge in [-0.3, -0.25) is 14.4 Å². The average molecular weight is 315 g/mol. The van der Waals surface area contributed by atoms with Crippen LogP contribution in [-0.4, -0.2) is 23.4 Å². The Morgan fingerprint density at radius 3 is 2.26 bits per heavy atom. The predicted octanol–water partition coefficient (Wildman–Crippen LogP) is 1.38. The van der Waals surface area contributed by atoms with Gasteiger partial charge in [0.1, 0.15) is 6.42 Å². The number of carbonyl (C=O) groups excluding carboxylic acids is 3. The number of nitrogens with one attached hydrogen (secondary N) is 3. The van der Waals surface area contributed by atoms with Crippen molar-refractivity contribution >= 4 is 34.8 Å². The van der Waals surface area contributed by atoms with Gasteiger partial charge >= 0.3 is 0 Å². The third-order valence-corrected chi connectivity index (χ3v) is 2.54. The summed E-state index contributed by atoms with van der Waals surface area (Å²) in [5, 5.41) is 17.4. The number of amides is 3. The monoisotopic (exact) mass is 315 g/mol. The summed E-state index contributed by atoms with van der Waals surface area (Å²) in [6.07, 6.45) is -0.339. The van der Waals surface area contributed by atoms with E-state index >= 15 is 0 Å². The molecule has 0 bridgehead atoms. The number of carbonyl (C=O) groups is 3. The maximum Gasteiger partial charge on any atom is 0.254 e. The van der Waals surface area contributed by atoms with Crippen LogP contribution in [0, 0.1) is 11.3 Å². The van der Waals surface area contributed by atoms with E-state index in [1.807, 2.05) is 0 Å². The van der Waals surface area contributed by atoms with Gasteiger partial charge in [0.15, 0.2) is 0 Å². The van der Waals surface area contributed by atoms with Gasteiger partial charge < -0.3 is 10.6 Å². The Labute approximate surface area is 133 Å². The molecule has 1 aromatic rings. The van der Waals surface area contributed by atoms with Crippen LogP contribution < -0.4 is 16.1 Å². The topological polar surface area (TPSA) is 123 Å². The number of hydrogen-bond donors (Lipinski definition) is 3. The molecule has 3 amide bonds. The first-order valence-electron chi connectivity index (χ1n) is 6.77. The second-order valence-corrected chi connectivity index (χ2v) is 4.67. The lowest BCUT2D eigenvalue weighted by molar-refractivity contribution is -0.120. The number of para-hydroxylation sites is 2. The molecule has 0 saturated carbocycles. The molecular weight excluding hydrogens is 298 g/mol. The normalized spacial score (nSPS) is 10.4. The summed E-state index contributed by atoms with van der Waals surface area (Å²) >= 11 is 0. The minimum Gasteiger partial charge on any atom is -0.325 e. The van der Waals surface area contributed by atoms with Crippen molar-refractivity contribution in [2.45, 2.75) is 26.7 Å². The third kappa shape index (κ3) is 6.86. The van der Waals surface area contributed by atoms with Crippen LogP contribution in [0.3, 0.4) is 0 Å². The number of hydrogen-bond acceptors (Lipinski definition) is 5. The van der Waals surface area contributed by atoms with Gasteiger partial charge in [0.25, 0.3) is 5.91 Å². The van der Waals surface area contributed by atoms with Crippen LogP contribution in [-0.2, 0) is 14.4 Å². The lowest BCUT2D eigenvalue weighted by Gasteiger charge is -2.11. The average Bonchev–Trinajstić information content (AvgIpc) is 2.47. The molecule has 0 unspecified atom stereocenters. The molecule has 8 nitrogen and oxygen atoms in total. The molecule has 0 saturated heterocycles. The number of nitriles is 1. The van der Waals surface area contributed by atoms with Gasteiger partial charge in [0.05, 0.1) is 23.9 Å². The van der Waals surface area contributed by atoms with Gasteiger partial charge in [-0.1, -0.05) is 12.1 Å². The SMILES string of the molecule is CC(=O)Nc1ccccc1NC(=O)C/C(C)=N\NC(=O)CC#N. The van der Waals surface area contributed by atoms with E-state index < -0.39 is 5.91 Å². The van der Waals surface area contributed by atoms with Crippen molar-refractivity contribution < 1.29 is 14.4 Å². The van der Waals surface area contributed by atoms with Crippen molar-refractivity contribution in [3.05, 3.63) is 24.3 Å². The van der Waals surface area contributed by atoms with E-state index in [0.29, 0.717) is 17.1 Å². The van der Waals surface area contributed by atoms with Crippen LogP contribution in [0.2, 0.25) is 0 Å². The zero-order chi connectivity index (χ0) is 17.2. The summed E-state index contributed by atoms with van der Waals surface area (Å²) in [7, 11) is 0. The molecule has 0 aliphatic rings. The van der Waals surface area contributed by atoms with Gasteiger partial charge in [0, 0.05) is 12.6 Å². The van der Waals surface area contributed by atoms with Crippen molar-refractivity contribution in [2.24, 2.45) is 5.10 Å². The second-order valence-electron chi connectivity index (χ2n) is 4.67. The Morgan fingerprint density at radius 1 is 1.09 bits per heavy atom. The summed E-state index contributed by atoms with van der Waals surface area (Å²) in [6, 6.07) is 8.48. The summed E-state index contributed by atoms with van der Waals surface area (Å²) in [6.45, 7) is 2.95. The molecule has 0 heterocycles. The first-order chi connectivity index (χ1) is 10.9. The van der Waals surface area contributed by atoms with E-state index in [2.05, 4.69) is 21.2 Å². The number of nitrogens with zero attached hydrogens (tertiary/aromatic N) is 2. The highest BCUT2D eigenvalue weighted by atomic mass is 16.2. The van der Waals surface area contributed by atoms with E-state index in [1.54, 1.807) is 37.3 Å². The molecule has 8 heteroatoms. The number of rotatable bonds is 6. The first-order valence-corrected chi connectivity index (χ1v) is 6.77. The van der Waals surface area contributed by atoms with E-state index in [4.69, 9.17) is 5.26 Å². The quantitative estimate of drug-likeness (QED) is 0.542. The number of hydrazone groups is 1. The van der Waals surface area contributed by atoms with Gasteiger partial charge in [-0.15, -0.1) is 0 Å². The Kier molecular flexibility index (Phi) is 6.94. The van der Waals surface area contributed by atoms with Crippen LogP contribution in [0.1, 0.15) is 26.7 Å². The molecule has 0 fully saturated rings. The maximum absolute atomic E-state index is 12.0. The Hall–Kier alpha value is -3.21. The van der Waals surface area contributed by atoms with Crippen LogP contribution in [0.5, 0.6) is 0 Å². The largest absolute Gasteiger partial charge is 0.325 e. The highest BCUT2D eigenvalue weighted by Crippen LogP contribution is 2.20. The lowest BCUT2D eigenvalue weighted by Crippen LogP contribution is -2.21. The molecule has 23 heavy (non-hydrogen) atoms. The molecule has 0 aromatic heterocycles. The van der Waals surface area contributed by atoms with Crippen LogP contribution in [0.15, 0.2) is 29.4 Å². The molecule has 3 N–H and O–H groups in total. The van der Waals surface area contributed by atoms with E-state index in [-0.39, 0.29) is 24.7 Å². The fraction of sp³-hybridized carbons (Fsp3) is 0.267. The minimum absolute atomic E-state index is 0.0404. The highest BCUT2D eigenvalue weighted by Gasteiger charge is 2.09. The lowest BCUT2D eigenvalue weighted by atomic mass is 10.2. The number of anilines is 2. The third-order valence-electron chi connectivity index (χ3n) is 2.54. The summed E-state index contributed by atoms with van der Waals surface area (Å²) in [5.41, 5.74) is 3.52. The van der Waals surface area contributed by atoms with Crippen LogP contribution >= 0.6 is 0 Å². The van der Waals surface area contributed by atoms with E-state index in [9.17, 15) is 14.4 Å². The summed E-state index contributed by atoms with van der Waals surface area (Å²) in [4.78, 5) is 34.2. The Bertz CT molecular complexity index is 676. The Balaban J connectivity index is 2.63. The first kappa shape index (κ1) is 17.8. The highest BCUT2D eigenvalue weighted by molar-refractivity contribution is 6.07. The second kappa shape index (κ2) is 8.94. The van der Waals surface area contributed by atoms with Crippen LogP contribution in [0.25, 0.3) is 0 Å². The maximum atomic E-state index is 12.0. The van der Waals surface area contributed by atoms with Crippen molar-refractivity contribution in [2.75, 3.05) is 10.6 Å². The van der Waals surface area contributed by atoms with Crippen LogP contribution in [0.4, 0.5) is 11.4 Å². The Morgan fingerprint density at radius 2 is 1.70 bits per heavy atom. The zero-order valence-corrected chi connectivity index (χ0v) is 12.8. The molecular formula is C15H17N5O3. The molecule has 1 aromatic carbocycles.